The van der Waals surface area contributed by atoms with Gasteiger partial charge in [-0.2, -0.15) is 5.10 Å². The molecule has 0 radical (unpaired) electrons. The molecule has 0 aromatic carbocycles. The average Bonchev–Trinajstić information content (AvgIpc) is 2.94. The monoisotopic (exact) mass is 262 g/mol. The number of aryl methyl sites for hydroxylation is 1. The molecule has 0 unspecified atom stereocenters. The van der Waals surface area contributed by atoms with Crippen LogP contribution in [0.5, 0.6) is 0 Å². The Balaban J connectivity index is 1.80. The third kappa shape index (κ3) is 1.97. The number of nitrogens with one attached hydrogen (secondary N) is 2. The van der Waals surface area contributed by atoms with Gasteiger partial charge in [-0.1, -0.05) is 0 Å². The molecule has 0 atom stereocenters. The Hall–Kier alpha value is -2.22. The summed E-state index contributed by atoms with van der Waals surface area (Å²) in [5.41, 5.74) is 0.250. The van der Waals surface area contributed by atoms with E-state index in [4.69, 9.17) is 0 Å². The Bertz CT molecular complexity index is 742. The number of rotatable bonds is 3. The summed E-state index contributed by atoms with van der Waals surface area (Å²) in [6, 6.07) is 1.71. The zero-order valence-electron chi connectivity index (χ0n) is 9.54. The van der Waals surface area contributed by atoms with Crippen molar-refractivity contribution in [2.75, 3.05) is 5.32 Å². The molecule has 3 aromatic heterocycles. The van der Waals surface area contributed by atoms with Crippen LogP contribution in [-0.4, -0.2) is 24.6 Å². The average molecular weight is 262 g/mol. The topological polar surface area (TPSA) is 88.0 Å². The van der Waals surface area contributed by atoms with Gasteiger partial charge in [0, 0.05) is 17.1 Å². The summed E-state index contributed by atoms with van der Waals surface area (Å²) >= 11 is 1.64. The van der Waals surface area contributed by atoms with Crippen LogP contribution in [0.3, 0.4) is 0 Å². The molecule has 0 aliphatic carbocycles. The minimum absolute atomic E-state index is 0.290. The van der Waals surface area contributed by atoms with Crippen molar-refractivity contribution < 1.29 is 0 Å². The van der Waals surface area contributed by atoms with E-state index >= 15 is 0 Å². The Morgan fingerprint density at radius 3 is 3.17 bits per heavy atom. The van der Waals surface area contributed by atoms with Crippen LogP contribution in [0.25, 0.3) is 5.65 Å². The largest absolute Gasteiger partial charge is 0.365 e. The summed E-state index contributed by atoms with van der Waals surface area (Å²) in [7, 11) is 0. The Morgan fingerprint density at radius 2 is 2.39 bits per heavy atom. The van der Waals surface area contributed by atoms with Gasteiger partial charge >= 0.3 is 5.69 Å². The number of hydrogen-bond acceptors (Lipinski definition) is 6. The fourth-order valence-electron chi connectivity index (χ4n) is 1.57. The molecule has 3 aromatic rings. The molecule has 0 bridgehead atoms. The molecule has 8 heteroatoms. The van der Waals surface area contributed by atoms with E-state index in [2.05, 4.69) is 25.5 Å². The van der Waals surface area contributed by atoms with Crippen LogP contribution in [0, 0.1) is 6.92 Å². The summed E-state index contributed by atoms with van der Waals surface area (Å²) in [6.07, 6.45) is 3.28. The molecular weight excluding hydrogens is 252 g/mol. The van der Waals surface area contributed by atoms with E-state index in [1.807, 2.05) is 13.1 Å². The predicted octanol–water partition coefficient (Wildman–Crippen LogP) is 0.795. The first-order valence-electron chi connectivity index (χ1n) is 5.30. The highest BCUT2D eigenvalue weighted by Crippen LogP contribution is 2.13. The number of fused-ring (bicyclic) bond motifs is 1. The molecule has 18 heavy (non-hydrogen) atoms. The fraction of sp³-hybridized carbons (Fsp3) is 0.200. The Morgan fingerprint density at radius 1 is 1.50 bits per heavy atom. The SMILES string of the molecule is Cc1ncc(CNc2cc3n[nH]c(=O)n3cn2)s1. The van der Waals surface area contributed by atoms with Gasteiger partial charge < -0.3 is 5.32 Å². The third-order valence-corrected chi connectivity index (χ3v) is 3.34. The smallest absolute Gasteiger partial charge is 0.348 e. The van der Waals surface area contributed by atoms with Crippen LogP contribution in [0.1, 0.15) is 9.88 Å². The minimum atomic E-state index is -0.290. The van der Waals surface area contributed by atoms with Gasteiger partial charge in [-0.3, -0.25) is 0 Å². The molecule has 3 rings (SSSR count). The molecule has 0 aliphatic heterocycles. The van der Waals surface area contributed by atoms with Crippen molar-refractivity contribution in [2.24, 2.45) is 0 Å². The van der Waals surface area contributed by atoms with Gasteiger partial charge in [0.25, 0.3) is 0 Å². The lowest BCUT2D eigenvalue weighted by atomic mass is 10.5. The minimum Gasteiger partial charge on any atom is -0.365 e. The van der Waals surface area contributed by atoms with Crippen molar-refractivity contribution in [1.29, 1.82) is 0 Å². The maximum absolute atomic E-state index is 11.3. The number of thiazole rings is 1. The van der Waals surface area contributed by atoms with Crippen LogP contribution in [0.2, 0.25) is 0 Å². The summed E-state index contributed by atoms with van der Waals surface area (Å²) in [4.78, 5) is 20.7. The zero-order valence-corrected chi connectivity index (χ0v) is 10.4. The van der Waals surface area contributed by atoms with Gasteiger partial charge in [-0.15, -0.1) is 11.3 Å². The molecule has 3 heterocycles. The second-order valence-electron chi connectivity index (χ2n) is 3.73. The fourth-order valence-corrected chi connectivity index (χ4v) is 2.31. The van der Waals surface area contributed by atoms with Gasteiger partial charge in [0.1, 0.15) is 12.1 Å². The highest BCUT2D eigenvalue weighted by Gasteiger charge is 2.03. The van der Waals surface area contributed by atoms with Crippen LogP contribution in [0.15, 0.2) is 23.4 Å². The van der Waals surface area contributed by atoms with Crippen molar-refractivity contribution >= 4 is 22.8 Å². The number of aromatic nitrogens is 5. The molecular formula is C10H10N6OS. The van der Waals surface area contributed by atoms with E-state index in [0.29, 0.717) is 18.0 Å². The standard InChI is InChI=1S/C10H10N6OS/c1-6-11-3-7(18-6)4-12-8-2-9-14-15-10(17)16(9)5-13-8/h2-3,5,12H,4H2,1H3,(H,15,17). The molecule has 0 saturated heterocycles. The van der Waals surface area contributed by atoms with Crippen molar-refractivity contribution in [3.8, 4) is 0 Å². The van der Waals surface area contributed by atoms with E-state index in [9.17, 15) is 4.79 Å². The molecule has 0 saturated carbocycles. The first-order valence-corrected chi connectivity index (χ1v) is 6.12. The highest BCUT2D eigenvalue weighted by atomic mass is 32.1. The lowest BCUT2D eigenvalue weighted by Crippen LogP contribution is -2.10. The third-order valence-electron chi connectivity index (χ3n) is 2.42. The van der Waals surface area contributed by atoms with E-state index in [1.54, 1.807) is 17.4 Å². The van der Waals surface area contributed by atoms with E-state index in [0.717, 1.165) is 9.88 Å². The number of hydrogen-bond donors (Lipinski definition) is 2. The van der Waals surface area contributed by atoms with Crippen LogP contribution < -0.4 is 11.0 Å². The maximum atomic E-state index is 11.3. The van der Waals surface area contributed by atoms with E-state index in [-0.39, 0.29) is 5.69 Å². The molecule has 0 amide bonds. The second kappa shape index (κ2) is 4.22. The summed E-state index contributed by atoms with van der Waals surface area (Å²) < 4.78 is 1.35. The Labute approximate surface area is 106 Å². The van der Waals surface area contributed by atoms with Gasteiger partial charge in [0.15, 0.2) is 5.65 Å². The van der Waals surface area contributed by atoms with Crippen LogP contribution in [-0.2, 0) is 6.54 Å². The first-order chi connectivity index (χ1) is 8.72. The first kappa shape index (κ1) is 10.9. The summed E-state index contributed by atoms with van der Waals surface area (Å²) in [5, 5.41) is 10.4. The van der Waals surface area contributed by atoms with Crippen molar-refractivity contribution in [2.45, 2.75) is 13.5 Å². The lowest BCUT2D eigenvalue weighted by molar-refractivity contribution is 0.992. The highest BCUT2D eigenvalue weighted by molar-refractivity contribution is 7.11. The predicted molar refractivity (Wildman–Crippen MR) is 67.8 cm³/mol. The van der Waals surface area contributed by atoms with Gasteiger partial charge in [-0.05, 0) is 6.92 Å². The Kier molecular flexibility index (Phi) is 2.56. The van der Waals surface area contributed by atoms with E-state index < -0.39 is 0 Å². The molecule has 7 nitrogen and oxygen atoms in total. The van der Waals surface area contributed by atoms with Gasteiger partial charge in [0.2, 0.25) is 0 Å². The molecule has 0 aliphatic rings. The normalized spacial score (nSPS) is 10.9. The number of anilines is 1. The molecule has 92 valence electrons. The lowest BCUT2D eigenvalue weighted by Gasteiger charge is -2.02. The molecule has 0 fully saturated rings. The van der Waals surface area contributed by atoms with Crippen LogP contribution in [0.4, 0.5) is 5.82 Å². The van der Waals surface area contributed by atoms with Crippen molar-refractivity contribution in [3.63, 3.8) is 0 Å². The molecule has 0 spiro atoms. The number of H-pyrrole nitrogens is 1. The molecule has 2 N–H and O–H groups in total. The second-order valence-corrected chi connectivity index (χ2v) is 5.05. The maximum Gasteiger partial charge on any atom is 0.348 e. The van der Waals surface area contributed by atoms with Gasteiger partial charge in [0.05, 0.1) is 11.6 Å². The van der Waals surface area contributed by atoms with Crippen LogP contribution >= 0.6 is 11.3 Å². The zero-order chi connectivity index (χ0) is 12.5. The summed E-state index contributed by atoms with van der Waals surface area (Å²) in [5.74, 6) is 0.674. The number of aromatic amines is 1. The van der Waals surface area contributed by atoms with Gasteiger partial charge in [-0.25, -0.2) is 24.3 Å². The number of nitrogens with zero attached hydrogens (tertiary/aromatic N) is 4. The quantitative estimate of drug-likeness (QED) is 0.728. The van der Waals surface area contributed by atoms with Crippen molar-refractivity contribution in [3.05, 3.63) is 39.0 Å². The van der Waals surface area contributed by atoms with E-state index in [1.165, 1.54) is 10.7 Å². The van der Waals surface area contributed by atoms with Crippen molar-refractivity contribution in [1.82, 2.24) is 24.6 Å². The summed E-state index contributed by atoms with van der Waals surface area (Å²) in [6.45, 7) is 2.62.